The van der Waals surface area contributed by atoms with Gasteiger partial charge in [-0.2, -0.15) is 0 Å². The molecule has 25 heavy (non-hydrogen) atoms. The minimum absolute atomic E-state index is 0.0298. The lowest BCUT2D eigenvalue weighted by Gasteiger charge is -2.20. The van der Waals surface area contributed by atoms with Gasteiger partial charge >= 0.3 is 5.97 Å². The highest BCUT2D eigenvalue weighted by Crippen LogP contribution is 2.27. The maximum absolute atomic E-state index is 12.2. The van der Waals surface area contributed by atoms with Crippen molar-refractivity contribution in [2.45, 2.75) is 6.92 Å². The van der Waals surface area contributed by atoms with Crippen LogP contribution in [0.2, 0.25) is 5.02 Å². The number of nitrogens with one attached hydrogen (secondary N) is 1. The highest BCUT2D eigenvalue weighted by Gasteiger charge is 2.19. The van der Waals surface area contributed by atoms with Crippen LogP contribution in [-0.4, -0.2) is 61.7 Å². The molecule has 0 saturated carbocycles. The van der Waals surface area contributed by atoms with Gasteiger partial charge in [-0.25, -0.2) is 0 Å². The summed E-state index contributed by atoms with van der Waals surface area (Å²) in [5.41, 5.74) is -0.281. The van der Waals surface area contributed by atoms with E-state index in [2.05, 4.69) is 5.32 Å². The van der Waals surface area contributed by atoms with Gasteiger partial charge in [0.25, 0.3) is 5.69 Å². The monoisotopic (exact) mass is 373 g/mol. The van der Waals surface area contributed by atoms with E-state index in [1.165, 1.54) is 24.1 Å². The summed E-state index contributed by atoms with van der Waals surface area (Å²) in [6, 6.07) is 3.94. The van der Waals surface area contributed by atoms with Crippen molar-refractivity contribution >= 4 is 34.9 Å². The third kappa shape index (κ3) is 7.46. The number of nitro groups is 1. The van der Waals surface area contributed by atoms with E-state index < -0.39 is 16.8 Å². The van der Waals surface area contributed by atoms with E-state index in [4.69, 9.17) is 21.1 Å². The molecule has 0 fully saturated rings. The number of methoxy groups -OCH3 is 1. The van der Waals surface area contributed by atoms with Crippen LogP contribution in [0.1, 0.15) is 6.92 Å². The first-order valence-corrected chi connectivity index (χ1v) is 7.85. The highest BCUT2D eigenvalue weighted by molar-refractivity contribution is 6.31. The summed E-state index contributed by atoms with van der Waals surface area (Å²) < 4.78 is 9.81. The number of hydrogen-bond donors (Lipinski definition) is 1. The Balaban J connectivity index is 2.76. The topological polar surface area (TPSA) is 111 Å². The Morgan fingerprint density at radius 1 is 1.36 bits per heavy atom. The van der Waals surface area contributed by atoms with Crippen LogP contribution in [0.3, 0.4) is 0 Å². The minimum Gasteiger partial charge on any atom is -0.465 e. The number of benzene rings is 1. The van der Waals surface area contributed by atoms with Gasteiger partial charge in [0.15, 0.2) is 0 Å². The SMILES string of the molecule is CCOC(=O)CN(CCOC)CC(=O)Nc1ccc(Cl)cc1[N+](=O)[O-]. The molecule has 0 saturated heterocycles. The predicted octanol–water partition coefficient (Wildman–Crippen LogP) is 1.70. The molecule has 1 aromatic carbocycles. The maximum atomic E-state index is 12.2. The number of carbonyl (C=O) groups is 2. The Morgan fingerprint density at radius 3 is 2.68 bits per heavy atom. The molecule has 138 valence electrons. The van der Waals surface area contributed by atoms with Crippen LogP contribution in [0.15, 0.2) is 18.2 Å². The summed E-state index contributed by atoms with van der Waals surface area (Å²) in [6.45, 7) is 2.32. The molecule has 0 atom stereocenters. The molecule has 0 aliphatic carbocycles. The summed E-state index contributed by atoms with van der Waals surface area (Å²) in [6.07, 6.45) is 0. The number of halogens is 1. The van der Waals surface area contributed by atoms with Gasteiger partial charge in [-0.05, 0) is 19.1 Å². The molecule has 1 rings (SSSR count). The zero-order valence-corrected chi connectivity index (χ0v) is 14.7. The maximum Gasteiger partial charge on any atom is 0.320 e. The zero-order valence-electron chi connectivity index (χ0n) is 14.0. The Kier molecular flexibility index (Phi) is 8.82. The van der Waals surface area contributed by atoms with Crippen molar-refractivity contribution in [3.63, 3.8) is 0 Å². The fourth-order valence-corrected chi connectivity index (χ4v) is 2.14. The van der Waals surface area contributed by atoms with E-state index in [9.17, 15) is 19.7 Å². The molecule has 9 nitrogen and oxygen atoms in total. The first kappa shape index (κ1) is 20.8. The van der Waals surface area contributed by atoms with Gasteiger partial charge in [0.1, 0.15) is 5.69 Å². The molecular formula is C15H20ClN3O6. The third-order valence-electron chi connectivity index (χ3n) is 3.07. The lowest BCUT2D eigenvalue weighted by molar-refractivity contribution is -0.383. The molecule has 1 N–H and O–H groups in total. The Morgan fingerprint density at radius 2 is 2.08 bits per heavy atom. The minimum atomic E-state index is -0.636. The van der Waals surface area contributed by atoms with Crippen molar-refractivity contribution in [1.82, 2.24) is 4.90 Å². The van der Waals surface area contributed by atoms with Crippen LogP contribution in [0.4, 0.5) is 11.4 Å². The second-order valence-corrected chi connectivity index (χ2v) is 5.41. The molecule has 0 unspecified atom stereocenters. The molecule has 0 radical (unpaired) electrons. The molecule has 10 heteroatoms. The average Bonchev–Trinajstić information content (AvgIpc) is 2.54. The van der Waals surface area contributed by atoms with Crippen LogP contribution in [-0.2, 0) is 19.1 Å². The summed E-state index contributed by atoms with van der Waals surface area (Å²) in [5, 5.41) is 13.7. The number of ether oxygens (including phenoxy) is 2. The molecule has 0 heterocycles. The molecule has 0 aromatic heterocycles. The third-order valence-corrected chi connectivity index (χ3v) is 3.30. The zero-order chi connectivity index (χ0) is 18.8. The normalized spacial score (nSPS) is 10.6. The van der Waals surface area contributed by atoms with Crippen LogP contribution < -0.4 is 5.32 Å². The van der Waals surface area contributed by atoms with Gasteiger partial charge in [0.05, 0.1) is 31.2 Å². The van der Waals surface area contributed by atoms with Crippen LogP contribution in [0.5, 0.6) is 0 Å². The number of hydrogen-bond acceptors (Lipinski definition) is 7. The summed E-state index contributed by atoms with van der Waals surface area (Å²) >= 11 is 5.74. The van der Waals surface area contributed by atoms with Gasteiger partial charge in [-0.15, -0.1) is 0 Å². The first-order valence-electron chi connectivity index (χ1n) is 7.48. The fraction of sp³-hybridized carbons (Fsp3) is 0.467. The number of esters is 1. The second kappa shape index (κ2) is 10.6. The molecule has 1 aromatic rings. The Bertz CT molecular complexity index is 625. The number of nitrogens with zero attached hydrogens (tertiary/aromatic N) is 2. The van der Waals surface area contributed by atoms with Gasteiger partial charge in [-0.3, -0.25) is 24.6 Å². The number of carbonyl (C=O) groups excluding carboxylic acids is 2. The highest BCUT2D eigenvalue weighted by atomic mass is 35.5. The predicted molar refractivity (Wildman–Crippen MR) is 91.7 cm³/mol. The second-order valence-electron chi connectivity index (χ2n) is 4.98. The van der Waals surface area contributed by atoms with Crippen LogP contribution >= 0.6 is 11.6 Å². The van der Waals surface area contributed by atoms with E-state index in [0.29, 0.717) is 13.2 Å². The molecule has 0 aliphatic heterocycles. The van der Waals surface area contributed by atoms with Crippen LogP contribution in [0, 0.1) is 10.1 Å². The lowest BCUT2D eigenvalue weighted by atomic mass is 10.2. The van der Waals surface area contributed by atoms with E-state index in [-0.39, 0.29) is 36.1 Å². The fourth-order valence-electron chi connectivity index (χ4n) is 1.98. The van der Waals surface area contributed by atoms with E-state index in [1.54, 1.807) is 6.92 Å². The van der Waals surface area contributed by atoms with Crippen molar-refractivity contribution in [2.75, 3.05) is 45.3 Å². The first-order chi connectivity index (χ1) is 11.9. The summed E-state index contributed by atoms with van der Waals surface area (Å²) in [7, 11) is 1.50. The van der Waals surface area contributed by atoms with Crippen molar-refractivity contribution in [3.05, 3.63) is 33.3 Å². The largest absolute Gasteiger partial charge is 0.465 e. The standard InChI is InChI=1S/C15H20ClN3O6/c1-3-25-15(21)10-18(6-7-24-2)9-14(20)17-12-5-4-11(16)8-13(12)19(22)23/h4-5,8H,3,6-7,9-10H2,1-2H3,(H,17,20). The van der Waals surface area contributed by atoms with E-state index in [1.807, 2.05) is 0 Å². The van der Waals surface area contributed by atoms with Crippen molar-refractivity contribution < 1.29 is 24.0 Å². The number of rotatable bonds is 10. The summed E-state index contributed by atoms with van der Waals surface area (Å²) in [5.74, 6) is -0.977. The Labute approximate surface area is 150 Å². The van der Waals surface area contributed by atoms with Crippen molar-refractivity contribution in [3.8, 4) is 0 Å². The van der Waals surface area contributed by atoms with Gasteiger partial charge in [-0.1, -0.05) is 11.6 Å². The molecule has 0 spiro atoms. The molecular weight excluding hydrogens is 354 g/mol. The molecule has 0 bridgehead atoms. The quantitative estimate of drug-likeness (QED) is 0.377. The lowest BCUT2D eigenvalue weighted by Crippen LogP contribution is -2.39. The van der Waals surface area contributed by atoms with Crippen LogP contribution in [0.25, 0.3) is 0 Å². The average molecular weight is 374 g/mol. The van der Waals surface area contributed by atoms with Crippen molar-refractivity contribution in [1.29, 1.82) is 0 Å². The Hall–Kier alpha value is -2.23. The molecule has 1 amide bonds. The summed E-state index contributed by atoms with van der Waals surface area (Å²) in [4.78, 5) is 35.7. The smallest absolute Gasteiger partial charge is 0.320 e. The number of nitro benzene ring substituents is 1. The molecule has 0 aliphatic rings. The van der Waals surface area contributed by atoms with Crippen molar-refractivity contribution in [2.24, 2.45) is 0 Å². The van der Waals surface area contributed by atoms with Gasteiger partial charge in [0, 0.05) is 24.7 Å². The van der Waals surface area contributed by atoms with E-state index >= 15 is 0 Å². The number of amides is 1. The number of anilines is 1. The van der Waals surface area contributed by atoms with Gasteiger partial charge < -0.3 is 14.8 Å². The van der Waals surface area contributed by atoms with E-state index in [0.717, 1.165) is 6.07 Å². The van der Waals surface area contributed by atoms with Gasteiger partial charge in [0.2, 0.25) is 5.91 Å².